The molecule has 2 heterocycles. The zero-order valence-corrected chi connectivity index (χ0v) is 13.2. The third kappa shape index (κ3) is 2.42. The van der Waals surface area contributed by atoms with Crippen LogP contribution in [0.1, 0.15) is 59.3 Å². The van der Waals surface area contributed by atoms with Gasteiger partial charge in [-0.2, -0.15) is 10.1 Å². The maximum absolute atomic E-state index is 12.5. The molecule has 5 heteroatoms. The number of fused-ring (bicyclic) bond motifs is 2. The normalized spacial score (nSPS) is 17.7. The van der Waals surface area contributed by atoms with Crippen molar-refractivity contribution in [3.8, 4) is 0 Å². The van der Waals surface area contributed by atoms with E-state index in [4.69, 9.17) is 0 Å². The van der Waals surface area contributed by atoms with E-state index >= 15 is 0 Å². The lowest BCUT2D eigenvalue weighted by molar-refractivity contribution is 0.0962. The topological polar surface area (TPSA) is 60.2 Å². The smallest absolute Gasteiger partial charge is 0.252 e. The van der Waals surface area contributed by atoms with Gasteiger partial charge < -0.3 is 0 Å². The molecule has 23 heavy (non-hydrogen) atoms. The van der Waals surface area contributed by atoms with Crippen LogP contribution in [-0.4, -0.2) is 25.4 Å². The summed E-state index contributed by atoms with van der Waals surface area (Å²) in [4.78, 5) is 21.1. The Morgan fingerprint density at radius 2 is 1.96 bits per heavy atom. The van der Waals surface area contributed by atoms with Crippen LogP contribution in [0.3, 0.4) is 0 Å². The van der Waals surface area contributed by atoms with E-state index in [0.29, 0.717) is 23.7 Å². The Balaban J connectivity index is 1.69. The third-order valence-corrected chi connectivity index (χ3v) is 4.60. The number of rotatable bonds is 2. The molecule has 5 nitrogen and oxygen atoms in total. The fraction of sp³-hybridized carbons (Fsp3) is 0.333. The van der Waals surface area contributed by atoms with Gasteiger partial charge in [-0.15, -0.1) is 0 Å². The first-order valence-electron chi connectivity index (χ1n) is 7.94. The molecule has 0 bridgehead atoms. The Hall–Kier alpha value is -2.56. The van der Waals surface area contributed by atoms with E-state index < -0.39 is 0 Å². The molecule has 116 valence electrons. The van der Waals surface area contributed by atoms with Gasteiger partial charge in [-0.05, 0) is 29.4 Å². The van der Waals surface area contributed by atoms with Crippen LogP contribution in [0, 0.1) is 0 Å². The van der Waals surface area contributed by atoms with Crippen molar-refractivity contribution >= 4 is 11.6 Å². The summed E-state index contributed by atoms with van der Waals surface area (Å²) in [5.41, 5.74) is 4.04. The maximum Gasteiger partial charge on any atom is 0.252 e. The lowest BCUT2D eigenvalue weighted by atomic mass is 9.81. The predicted octanol–water partition coefficient (Wildman–Crippen LogP) is 3.16. The van der Waals surface area contributed by atoms with Crippen molar-refractivity contribution in [3.05, 3.63) is 59.2 Å². The molecule has 0 spiro atoms. The van der Waals surface area contributed by atoms with Crippen molar-refractivity contribution in [2.75, 3.05) is 0 Å². The number of Topliss-reactive ketones (excluding diaryl/α,β-unsaturated/α-hetero) is 1. The van der Waals surface area contributed by atoms with Crippen molar-refractivity contribution in [2.45, 2.75) is 38.5 Å². The number of hydrogen-bond acceptors (Lipinski definition) is 4. The number of nitrogens with zero attached hydrogens (tertiary/aromatic N) is 4. The van der Waals surface area contributed by atoms with Crippen LogP contribution in [0.15, 0.2) is 36.8 Å². The molecule has 0 radical (unpaired) electrons. The van der Waals surface area contributed by atoms with Gasteiger partial charge in [-0.3, -0.25) is 4.79 Å². The average molecular weight is 306 g/mol. The fourth-order valence-corrected chi connectivity index (χ4v) is 3.21. The molecule has 0 aliphatic heterocycles. The summed E-state index contributed by atoms with van der Waals surface area (Å²) in [6, 6.07) is 8.62. The predicted molar refractivity (Wildman–Crippen MR) is 86.7 cm³/mol. The minimum Gasteiger partial charge on any atom is -0.294 e. The molecule has 2 aromatic heterocycles. The van der Waals surface area contributed by atoms with Crippen LogP contribution >= 0.6 is 0 Å². The highest BCUT2D eigenvalue weighted by Gasteiger charge is 2.28. The highest BCUT2D eigenvalue weighted by Crippen LogP contribution is 2.32. The Morgan fingerprint density at radius 1 is 1.17 bits per heavy atom. The second kappa shape index (κ2) is 5.26. The van der Waals surface area contributed by atoms with E-state index in [1.165, 1.54) is 17.5 Å². The number of hydrogen-bond donors (Lipinski definition) is 0. The quantitative estimate of drug-likeness (QED) is 0.729. The van der Waals surface area contributed by atoms with Gasteiger partial charge in [0.25, 0.3) is 5.78 Å². The number of ketones is 1. The maximum atomic E-state index is 12.5. The molecular weight excluding hydrogens is 288 g/mol. The summed E-state index contributed by atoms with van der Waals surface area (Å²) in [6.45, 7) is 4.37. The Bertz CT molecular complexity index is 880. The van der Waals surface area contributed by atoms with Crippen molar-refractivity contribution in [3.63, 3.8) is 0 Å². The van der Waals surface area contributed by atoms with Gasteiger partial charge in [-0.1, -0.05) is 38.1 Å². The highest BCUT2D eigenvalue weighted by molar-refractivity contribution is 5.98. The van der Waals surface area contributed by atoms with Crippen molar-refractivity contribution < 1.29 is 4.79 Å². The molecule has 0 amide bonds. The number of carbonyl (C=O) groups excluding carboxylic acids is 1. The Labute approximate surface area is 134 Å². The second-order valence-corrected chi connectivity index (χ2v) is 6.46. The Morgan fingerprint density at radius 3 is 2.70 bits per heavy atom. The molecule has 0 unspecified atom stereocenters. The highest BCUT2D eigenvalue weighted by atomic mass is 16.1. The van der Waals surface area contributed by atoms with Gasteiger partial charge in [0.1, 0.15) is 6.33 Å². The van der Waals surface area contributed by atoms with Gasteiger partial charge in [-0.25, -0.2) is 9.50 Å². The second-order valence-electron chi connectivity index (χ2n) is 6.46. The van der Waals surface area contributed by atoms with Crippen LogP contribution < -0.4 is 0 Å². The van der Waals surface area contributed by atoms with E-state index in [0.717, 1.165) is 12.1 Å². The van der Waals surface area contributed by atoms with E-state index in [9.17, 15) is 4.79 Å². The standard InChI is InChI=1S/C18H18N4O/c1-11(2)12-3-5-13(6-4-12)14-7-16-15(17(23)8-14)9-22-18(21-16)19-10-20-22/h3-6,9-11,14H,7-8H2,1-2H3/t14-/m0/s1. The summed E-state index contributed by atoms with van der Waals surface area (Å²) in [7, 11) is 0. The Kier molecular flexibility index (Phi) is 3.22. The molecule has 3 aromatic rings. The molecule has 0 N–H and O–H groups in total. The molecule has 4 rings (SSSR count). The van der Waals surface area contributed by atoms with Gasteiger partial charge in [0, 0.05) is 12.6 Å². The zero-order chi connectivity index (χ0) is 16.0. The van der Waals surface area contributed by atoms with Crippen LogP contribution in [0.25, 0.3) is 5.78 Å². The number of aromatic nitrogens is 4. The lowest BCUT2D eigenvalue weighted by Gasteiger charge is -2.23. The largest absolute Gasteiger partial charge is 0.294 e. The lowest BCUT2D eigenvalue weighted by Crippen LogP contribution is -2.21. The molecular formula is C18H18N4O. The zero-order valence-electron chi connectivity index (χ0n) is 13.2. The van der Waals surface area contributed by atoms with E-state index in [1.54, 1.807) is 10.7 Å². The fourth-order valence-electron chi connectivity index (χ4n) is 3.21. The van der Waals surface area contributed by atoms with Gasteiger partial charge in [0.15, 0.2) is 5.78 Å². The number of carbonyl (C=O) groups is 1. The molecule has 1 atom stereocenters. The first-order chi connectivity index (χ1) is 11.1. The molecule has 1 aromatic carbocycles. The summed E-state index contributed by atoms with van der Waals surface area (Å²) in [6.07, 6.45) is 4.51. The number of benzene rings is 1. The van der Waals surface area contributed by atoms with Crippen LogP contribution in [0.4, 0.5) is 0 Å². The SMILES string of the molecule is CC(C)c1ccc([C@@H]2CC(=O)c3cn4ncnc4nc3C2)cc1. The van der Waals surface area contributed by atoms with Crippen LogP contribution in [-0.2, 0) is 6.42 Å². The first-order valence-corrected chi connectivity index (χ1v) is 7.94. The third-order valence-electron chi connectivity index (χ3n) is 4.60. The average Bonchev–Trinajstić information content (AvgIpc) is 3.00. The molecule has 0 saturated heterocycles. The van der Waals surface area contributed by atoms with E-state index in [1.807, 2.05) is 0 Å². The molecule has 1 aliphatic rings. The molecule has 0 fully saturated rings. The summed E-state index contributed by atoms with van der Waals surface area (Å²) >= 11 is 0. The van der Waals surface area contributed by atoms with E-state index in [2.05, 4.69) is 53.2 Å². The minimum absolute atomic E-state index is 0.133. The van der Waals surface area contributed by atoms with Crippen LogP contribution in [0.5, 0.6) is 0 Å². The summed E-state index contributed by atoms with van der Waals surface area (Å²) in [5, 5.41) is 4.06. The van der Waals surface area contributed by atoms with E-state index in [-0.39, 0.29) is 11.7 Å². The summed E-state index contributed by atoms with van der Waals surface area (Å²) < 4.78 is 1.56. The molecule has 0 saturated carbocycles. The van der Waals surface area contributed by atoms with Crippen molar-refractivity contribution in [2.24, 2.45) is 0 Å². The van der Waals surface area contributed by atoms with Crippen molar-refractivity contribution in [1.29, 1.82) is 0 Å². The first kappa shape index (κ1) is 14.1. The monoisotopic (exact) mass is 306 g/mol. The van der Waals surface area contributed by atoms with Crippen LogP contribution in [0.2, 0.25) is 0 Å². The minimum atomic E-state index is 0.133. The van der Waals surface area contributed by atoms with Gasteiger partial charge in [0.2, 0.25) is 0 Å². The van der Waals surface area contributed by atoms with Gasteiger partial charge >= 0.3 is 0 Å². The summed E-state index contributed by atoms with van der Waals surface area (Å²) in [5.74, 6) is 1.39. The molecule has 1 aliphatic carbocycles. The van der Waals surface area contributed by atoms with Gasteiger partial charge in [0.05, 0.1) is 11.3 Å². The van der Waals surface area contributed by atoms with Crippen molar-refractivity contribution in [1.82, 2.24) is 19.6 Å².